The Hall–Kier alpha value is -1.55. The van der Waals surface area contributed by atoms with Gasteiger partial charge in [-0.3, -0.25) is 4.79 Å². The molecule has 0 saturated heterocycles. The topological polar surface area (TPSA) is 32.8 Å². The lowest BCUT2D eigenvalue weighted by Crippen LogP contribution is -2.43. The molecular formula is C22H34N2O2. The SMILES string of the molecule is COc1ccc([C@]2(C(=O)N(C)CCN(C)C3CCCC3)CC2(C)C)cc1. The number of amides is 1. The maximum atomic E-state index is 13.4. The number of methoxy groups -OCH3 is 1. The van der Waals surface area contributed by atoms with Crippen molar-refractivity contribution in [2.75, 3.05) is 34.3 Å². The molecule has 0 aliphatic heterocycles. The summed E-state index contributed by atoms with van der Waals surface area (Å²) in [6, 6.07) is 8.75. The third kappa shape index (κ3) is 3.36. The number of likely N-dealkylation sites (N-methyl/N-ethyl adjacent to an activating group) is 2. The van der Waals surface area contributed by atoms with Crippen LogP contribution in [0.4, 0.5) is 0 Å². The summed E-state index contributed by atoms with van der Waals surface area (Å²) in [4.78, 5) is 17.8. The Morgan fingerprint density at radius 2 is 1.69 bits per heavy atom. The molecule has 0 bridgehead atoms. The minimum Gasteiger partial charge on any atom is -0.497 e. The summed E-state index contributed by atoms with van der Waals surface area (Å²) in [5.41, 5.74) is 0.730. The standard InChI is InChI=1S/C22H34N2O2/c1-21(2)16-22(21,17-10-12-19(26-5)13-11-17)20(25)24(4)15-14-23(3)18-8-6-7-9-18/h10-13,18H,6-9,14-16H2,1-5H3/t22-/m0/s1. The van der Waals surface area contributed by atoms with Gasteiger partial charge in [0, 0.05) is 26.2 Å². The van der Waals surface area contributed by atoms with E-state index >= 15 is 0 Å². The fraction of sp³-hybridized carbons (Fsp3) is 0.682. The van der Waals surface area contributed by atoms with Crippen LogP contribution in [0, 0.1) is 5.41 Å². The lowest BCUT2D eigenvalue weighted by Gasteiger charge is -2.30. The Kier molecular flexibility index (Phi) is 5.34. The predicted molar refractivity (Wildman–Crippen MR) is 106 cm³/mol. The van der Waals surface area contributed by atoms with Crippen LogP contribution in [0.15, 0.2) is 24.3 Å². The van der Waals surface area contributed by atoms with Crippen LogP contribution in [0.1, 0.15) is 51.5 Å². The van der Waals surface area contributed by atoms with Crippen LogP contribution in [-0.2, 0) is 10.2 Å². The van der Waals surface area contributed by atoms with Crippen LogP contribution in [0.25, 0.3) is 0 Å². The van der Waals surface area contributed by atoms with E-state index in [1.54, 1.807) is 7.11 Å². The summed E-state index contributed by atoms with van der Waals surface area (Å²) in [5.74, 6) is 1.09. The highest BCUT2D eigenvalue weighted by molar-refractivity contribution is 5.93. The smallest absolute Gasteiger partial charge is 0.233 e. The van der Waals surface area contributed by atoms with Crippen LogP contribution in [0.3, 0.4) is 0 Å². The molecule has 0 unspecified atom stereocenters. The van der Waals surface area contributed by atoms with Gasteiger partial charge in [-0.05, 0) is 49.4 Å². The van der Waals surface area contributed by atoms with Gasteiger partial charge in [-0.25, -0.2) is 0 Å². The number of ether oxygens (including phenoxy) is 1. The van der Waals surface area contributed by atoms with Crippen LogP contribution in [0.2, 0.25) is 0 Å². The van der Waals surface area contributed by atoms with E-state index in [2.05, 4.69) is 37.9 Å². The fourth-order valence-electron chi connectivity index (χ4n) is 4.74. The van der Waals surface area contributed by atoms with E-state index in [9.17, 15) is 4.79 Å². The molecule has 2 aliphatic carbocycles. The van der Waals surface area contributed by atoms with Gasteiger partial charge in [0.2, 0.25) is 5.91 Å². The van der Waals surface area contributed by atoms with Gasteiger partial charge in [0.05, 0.1) is 12.5 Å². The number of carbonyl (C=O) groups excluding carboxylic acids is 1. The van der Waals surface area contributed by atoms with Crippen molar-refractivity contribution in [3.8, 4) is 5.75 Å². The van der Waals surface area contributed by atoms with Crippen molar-refractivity contribution in [3.05, 3.63) is 29.8 Å². The lowest BCUT2D eigenvalue weighted by molar-refractivity contribution is -0.133. The van der Waals surface area contributed by atoms with Crippen molar-refractivity contribution >= 4 is 5.91 Å². The molecule has 3 rings (SSSR count). The molecule has 26 heavy (non-hydrogen) atoms. The Morgan fingerprint density at radius 3 is 2.19 bits per heavy atom. The number of benzene rings is 1. The minimum absolute atomic E-state index is 0.00425. The van der Waals surface area contributed by atoms with E-state index in [4.69, 9.17) is 4.74 Å². The van der Waals surface area contributed by atoms with Gasteiger partial charge in [-0.1, -0.05) is 38.8 Å². The quantitative estimate of drug-likeness (QED) is 0.745. The van der Waals surface area contributed by atoms with Crippen LogP contribution in [0.5, 0.6) is 5.75 Å². The predicted octanol–water partition coefficient (Wildman–Crippen LogP) is 3.70. The highest BCUT2D eigenvalue weighted by atomic mass is 16.5. The normalized spacial score (nSPS) is 24.7. The number of nitrogens with zero attached hydrogens (tertiary/aromatic N) is 2. The van der Waals surface area contributed by atoms with E-state index in [1.807, 2.05) is 24.1 Å². The second-order valence-corrected chi connectivity index (χ2v) is 8.84. The maximum absolute atomic E-state index is 13.4. The third-order valence-corrected chi connectivity index (χ3v) is 6.77. The Morgan fingerprint density at radius 1 is 1.12 bits per heavy atom. The summed E-state index contributed by atoms with van der Waals surface area (Å²) in [6.07, 6.45) is 6.21. The molecule has 4 heteroatoms. The van der Waals surface area contributed by atoms with E-state index in [0.29, 0.717) is 6.04 Å². The van der Waals surface area contributed by atoms with Gasteiger partial charge in [-0.2, -0.15) is 0 Å². The van der Waals surface area contributed by atoms with Crippen molar-refractivity contribution in [2.45, 2.75) is 57.4 Å². The average Bonchev–Trinajstić information content (AvgIpc) is 3.01. The van der Waals surface area contributed by atoms with Crippen LogP contribution >= 0.6 is 0 Å². The van der Waals surface area contributed by atoms with Crippen LogP contribution in [-0.4, -0.2) is 56.0 Å². The Balaban J connectivity index is 1.68. The molecule has 1 aromatic carbocycles. The molecule has 1 amide bonds. The highest BCUT2D eigenvalue weighted by Gasteiger charge is 2.67. The Labute approximate surface area is 158 Å². The van der Waals surface area contributed by atoms with E-state index in [1.165, 1.54) is 25.7 Å². The lowest BCUT2D eigenvalue weighted by atomic mass is 9.86. The van der Waals surface area contributed by atoms with E-state index < -0.39 is 0 Å². The summed E-state index contributed by atoms with van der Waals surface area (Å²) in [7, 11) is 5.84. The first-order valence-corrected chi connectivity index (χ1v) is 9.92. The summed E-state index contributed by atoms with van der Waals surface area (Å²) >= 11 is 0. The maximum Gasteiger partial charge on any atom is 0.233 e. The zero-order valence-electron chi connectivity index (χ0n) is 17.0. The van der Waals surface area contributed by atoms with Crippen LogP contribution < -0.4 is 4.74 Å². The van der Waals surface area contributed by atoms with Gasteiger partial charge in [-0.15, -0.1) is 0 Å². The molecule has 1 atom stereocenters. The minimum atomic E-state index is -0.389. The molecule has 0 heterocycles. The number of hydrogen-bond acceptors (Lipinski definition) is 3. The van der Waals surface area contributed by atoms with Crippen molar-refractivity contribution in [3.63, 3.8) is 0 Å². The molecule has 144 valence electrons. The van der Waals surface area contributed by atoms with Gasteiger partial charge in [0.1, 0.15) is 5.75 Å². The van der Waals surface area contributed by atoms with E-state index in [0.717, 1.165) is 30.8 Å². The first-order chi connectivity index (χ1) is 12.3. The first-order valence-electron chi connectivity index (χ1n) is 9.92. The molecule has 2 aliphatic rings. The summed E-state index contributed by atoms with van der Waals surface area (Å²) in [6.45, 7) is 6.15. The van der Waals surface area contributed by atoms with Gasteiger partial charge in [0.25, 0.3) is 0 Å². The summed E-state index contributed by atoms with van der Waals surface area (Å²) < 4.78 is 5.27. The third-order valence-electron chi connectivity index (χ3n) is 6.77. The van der Waals surface area contributed by atoms with Gasteiger partial charge >= 0.3 is 0 Å². The molecule has 0 spiro atoms. The van der Waals surface area contributed by atoms with Gasteiger partial charge < -0.3 is 14.5 Å². The monoisotopic (exact) mass is 358 g/mol. The van der Waals surface area contributed by atoms with Crippen molar-refractivity contribution in [1.82, 2.24) is 9.80 Å². The molecule has 0 N–H and O–H groups in total. The van der Waals surface area contributed by atoms with Crippen molar-refractivity contribution in [1.29, 1.82) is 0 Å². The number of rotatable bonds is 7. The van der Waals surface area contributed by atoms with Gasteiger partial charge in [0.15, 0.2) is 0 Å². The summed E-state index contributed by atoms with van der Waals surface area (Å²) in [5, 5.41) is 0. The second-order valence-electron chi connectivity index (χ2n) is 8.84. The molecule has 4 nitrogen and oxygen atoms in total. The fourth-order valence-corrected chi connectivity index (χ4v) is 4.74. The molecule has 1 aromatic rings. The average molecular weight is 359 g/mol. The molecule has 0 radical (unpaired) electrons. The molecular weight excluding hydrogens is 324 g/mol. The number of carbonyl (C=O) groups is 1. The zero-order chi connectivity index (χ0) is 18.9. The largest absolute Gasteiger partial charge is 0.497 e. The number of hydrogen-bond donors (Lipinski definition) is 0. The molecule has 0 aromatic heterocycles. The second kappa shape index (κ2) is 7.22. The van der Waals surface area contributed by atoms with Crippen molar-refractivity contribution in [2.24, 2.45) is 5.41 Å². The van der Waals surface area contributed by atoms with Crippen molar-refractivity contribution < 1.29 is 9.53 Å². The molecule has 2 saturated carbocycles. The Bertz CT molecular complexity index is 634. The highest BCUT2D eigenvalue weighted by Crippen LogP contribution is 2.65. The molecule has 2 fully saturated rings. The zero-order valence-corrected chi connectivity index (χ0v) is 17.0. The first kappa shape index (κ1) is 19.2. The van der Waals surface area contributed by atoms with E-state index in [-0.39, 0.29) is 16.7 Å².